The molecule has 0 radical (unpaired) electrons. The molecule has 1 N–H and O–H groups in total. The van der Waals surface area contributed by atoms with Crippen LogP contribution in [0.3, 0.4) is 0 Å². The van der Waals surface area contributed by atoms with Gasteiger partial charge in [-0.25, -0.2) is 4.39 Å². The van der Waals surface area contributed by atoms with Crippen molar-refractivity contribution >= 4 is 46.3 Å². The number of thiazole rings is 1. The highest BCUT2D eigenvalue weighted by molar-refractivity contribution is 8.00. The molecule has 0 spiro atoms. The molecule has 2 aromatic carbocycles. The van der Waals surface area contributed by atoms with Crippen molar-refractivity contribution in [2.45, 2.75) is 22.6 Å². The maximum absolute atomic E-state index is 13.7. The highest BCUT2D eigenvalue weighted by Crippen LogP contribution is 2.68. The van der Waals surface area contributed by atoms with E-state index in [9.17, 15) is 18.8 Å². The van der Waals surface area contributed by atoms with Crippen LogP contribution in [0.5, 0.6) is 0 Å². The molecule has 2 aliphatic carbocycles. The number of hydrogen-bond donors (Lipinski definition) is 1. The minimum Gasteiger partial charge on any atom is -0.378 e. The van der Waals surface area contributed by atoms with Crippen LogP contribution < -0.4 is 14.7 Å². The number of nitrogens with zero attached hydrogens (tertiary/aromatic N) is 2. The molecule has 1 aromatic heterocycles. The third-order valence-electron chi connectivity index (χ3n) is 8.58. The second-order valence-corrected chi connectivity index (χ2v) is 12.6. The molecule has 184 valence electrons. The number of aromatic nitrogens is 1. The third kappa shape index (κ3) is 2.99. The van der Waals surface area contributed by atoms with Gasteiger partial charge in [0.05, 0.1) is 22.5 Å². The molecule has 9 heteroatoms. The van der Waals surface area contributed by atoms with Gasteiger partial charge >= 0.3 is 4.87 Å². The molecule has 0 unspecified atom stereocenters. The number of imide groups is 1. The van der Waals surface area contributed by atoms with E-state index in [2.05, 4.69) is 34.1 Å². The monoisotopic (exact) mass is 521 g/mol. The summed E-state index contributed by atoms with van der Waals surface area (Å²) in [5, 5.41) is 1.06. The Balaban J connectivity index is 1.31. The van der Waals surface area contributed by atoms with E-state index in [1.165, 1.54) is 40.5 Å². The molecule has 2 aliphatic heterocycles. The molecule has 6 nitrogen and oxygen atoms in total. The number of fused-ring (bicyclic) bond motifs is 9. The average molecular weight is 522 g/mol. The number of carbonyl (C=O) groups excluding carboxylic acids is 2. The second kappa shape index (κ2) is 7.79. The van der Waals surface area contributed by atoms with E-state index in [1.807, 2.05) is 14.1 Å². The molecule has 3 heterocycles. The number of thioether (sulfide) groups is 1. The molecule has 2 bridgehead atoms. The first-order valence-electron chi connectivity index (χ1n) is 12.1. The zero-order valence-corrected chi connectivity index (χ0v) is 21.3. The van der Waals surface area contributed by atoms with Gasteiger partial charge in [0.15, 0.2) is 0 Å². The van der Waals surface area contributed by atoms with Gasteiger partial charge in [0.2, 0.25) is 11.8 Å². The number of anilines is 2. The van der Waals surface area contributed by atoms with Crippen molar-refractivity contribution in [3.05, 3.63) is 74.5 Å². The van der Waals surface area contributed by atoms with Gasteiger partial charge in [-0.2, -0.15) is 0 Å². The van der Waals surface area contributed by atoms with Crippen LogP contribution in [0.15, 0.2) is 58.4 Å². The summed E-state index contributed by atoms with van der Waals surface area (Å²) < 4.78 is 13.5. The van der Waals surface area contributed by atoms with Crippen LogP contribution in [0, 0.1) is 35.4 Å². The highest BCUT2D eigenvalue weighted by atomic mass is 32.2. The Labute approximate surface area is 215 Å². The van der Waals surface area contributed by atoms with Gasteiger partial charge in [0.25, 0.3) is 0 Å². The van der Waals surface area contributed by atoms with Gasteiger partial charge in [0, 0.05) is 35.8 Å². The smallest absolute Gasteiger partial charge is 0.305 e. The number of rotatable bonds is 3. The normalized spacial score (nSPS) is 32.0. The summed E-state index contributed by atoms with van der Waals surface area (Å²) >= 11 is 2.95. The molecule has 2 amide bonds. The predicted octanol–water partition coefficient (Wildman–Crippen LogP) is 4.32. The average Bonchev–Trinajstić information content (AvgIpc) is 3.59. The van der Waals surface area contributed by atoms with Gasteiger partial charge < -0.3 is 9.88 Å². The van der Waals surface area contributed by atoms with Crippen molar-refractivity contribution in [1.29, 1.82) is 0 Å². The van der Waals surface area contributed by atoms with E-state index in [1.54, 1.807) is 11.8 Å². The lowest BCUT2D eigenvalue weighted by Crippen LogP contribution is -2.42. The van der Waals surface area contributed by atoms with Crippen LogP contribution in [-0.4, -0.2) is 36.1 Å². The fraction of sp³-hybridized carbons (Fsp3) is 0.370. The molecule has 4 aliphatic rings. The van der Waals surface area contributed by atoms with Crippen molar-refractivity contribution in [3.63, 3.8) is 0 Å². The predicted molar refractivity (Wildman–Crippen MR) is 138 cm³/mol. The van der Waals surface area contributed by atoms with E-state index in [0.29, 0.717) is 5.69 Å². The minimum absolute atomic E-state index is 0.00476. The van der Waals surface area contributed by atoms with Crippen LogP contribution in [0.25, 0.3) is 0 Å². The number of H-pyrrole nitrogens is 1. The summed E-state index contributed by atoms with van der Waals surface area (Å²) in [7, 11) is 4.01. The molecule has 7 atom stereocenters. The van der Waals surface area contributed by atoms with Gasteiger partial charge in [-0.1, -0.05) is 23.5 Å². The maximum atomic E-state index is 13.7. The van der Waals surface area contributed by atoms with E-state index < -0.39 is 5.82 Å². The first-order valence-corrected chi connectivity index (χ1v) is 13.8. The summed E-state index contributed by atoms with van der Waals surface area (Å²) in [4.78, 5) is 47.1. The zero-order chi connectivity index (χ0) is 24.9. The highest BCUT2D eigenvalue weighted by Gasteiger charge is 2.69. The van der Waals surface area contributed by atoms with Crippen LogP contribution in [0.2, 0.25) is 0 Å². The van der Waals surface area contributed by atoms with E-state index in [4.69, 9.17) is 0 Å². The number of nitrogens with one attached hydrogen (secondary N) is 1. The largest absolute Gasteiger partial charge is 0.378 e. The Kier molecular flexibility index (Phi) is 4.83. The maximum Gasteiger partial charge on any atom is 0.305 e. The second-order valence-electron chi connectivity index (χ2n) is 10.4. The molecule has 36 heavy (non-hydrogen) atoms. The Morgan fingerprint density at radius 2 is 1.61 bits per heavy atom. The Morgan fingerprint density at radius 1 is 0.944 bits per heavy atom. The molecule has 3 aromatic rings. The van der Waals surface area contributed by atoms with Gasteiger partial charge in [-0.3, -0.25) is 19.3 Å². The fourth-order valence-electron chi connectivity index (χ4n) is 7.21. The minimum atomic E-state index is -0.399. The van der Waals surface area contributed by atoms with Crippen LogP contribution in [0.4, 0.5) is 15.8 Å². The number of halogens is 1. The van der Waals surface area contributed by atoms with E-state index in [-0.39, 0.29) is 57.4 Å². The van der Waals surface area contributed by atoms with Crippen molar-refractivity contribution in [3.8, 4) is 0 Å². The van der Waals surface area contributed by atoms with Gasteiger partial charge in [-0.15, -0.1) is 11.8 Å². The summed E-state index contributed by atoms with van der Waals surface area (Å²) in [6, 6.07) is 14.1. The first-order chi connectivity index (χ1) is 17.3. The molecular weight excluding hydrogens is 497 g/mol. The Morgan fingerprint density at radius 3 is 2.28 bits per heavy atom. The summed E-state index contributed by atoms with van der Waals surface area (Å²) in [6.45, 7) is 0. The lowest BCUT2D eigenvalue weighted by Gasteiger charge is -2.43. The number of benzene rings is 2. The van der Waals surface area contributed by atoms with Crippen LogP contribution in [-0.2, 0) is 9.59 Å². The number of hydrogen-bond acceptors (Lipinski definition) is 6. The summed E-state index contributed by atoms with van der Waals surface area (Å²) in [6.07, 6.45) is 0.845. The summed E-state index contributed by atoms with van der Waals surface area (Å²) in [5.41, 5.74) is 2.68. The molecule has 7 rings (SSSR count). The first kappa shape index (κ1) is 22.3. The Hall–Kier alpha value is -2.91. The lowest BCUT2D eigenvalue weighted by atomic mass is 9.68. The van der Waals surface area contributed by atoms with Crippen LogP contribution >= 0.6 is 23.1 Å². The topological polar surface area (TPSA) is 73.5 Å². The summed E-state index contributed by atoms with van der Waals surface area (Å²) in [5.74, 6) is -1.16. The molecule has 3 fully saturated rings. The van der Waals surface area contributed by atoms with Gasteiger partial charge in [-0.05, 0) is 66.1 Å². The van der Waals surface area contributed by atoms with E-state index >= 15 is 0 Å². The van der Waals surface area contributed by atoms with Crippen molar-refractivity contribution in [2.24, 2.45) is 29.6 Å². The Bertz CT molecular complexity index is 1450. The molecule has 2 saturated carbocycles. The van der Waals surface area contributed by atoms with E-state index in [0.717, 1.165) is 27.6 Å². The van der Waals surface area contributed by atoms with Crippen molar-refractivity contribution in [2.75, 3.05) is 23.9 Å². The van der Waals surface area contributed by atoms with Crippen molar-refractivity contribution < 1.29 is 14.0 Å². The van der Waals surface area contributed by atoms with Crippen molar-refractivity contribution in [1.82, 2.24) is 4.98 Å². The standard InChI is InChI=1S/C27H24FN3O3S2/c1-30(2)14-7-3-12(4-8-14)18-19-16-11-17(22(19)35-24-23(18)36-27(34)29-24)21-20(16)25(32)31(26(21)33)15-9-5-13(28)6-10-15/h3-10,16-22H,11H2,1-2H3,(H,29,34)/t16-,17+,18-,19+,20+,21-,22-/m1/s1. The third-order valence-corrected chi connectivity index (χ3v) is 11.2. The molecular formula is C27H24FN3O3S2. The number of amides is 2. The van der Waals surface area contributed by atoms with Crippen LogP contribution in [0.1, 0.15) is 22.8 Å². The quantitative estimate of drug-likeness (QED) is 0.520. The molecule has 1 saturated heterocycles. The van der Waals surface area contributed by atoms with Gasteiger partial charge in [0.1, 0.15) is 5.82 Å². The zero-order valence-electron chi connectivity index (χ0n) is 19.7. The lowest BCUT2D eigenvalue weighted by molar-refractivity contribution is -0.123. The SMILES string of the molecule is CN(C)c1ccc([C@H]2c3sc(=O)[nH]c3S[C@@H]3[C@H]4C[C@@H]([C@@H]5C(=O)N(c6ccc(F)cc6)C(=O)[C@H]45)[C@@H]23)cc1. The fourth-order valence-corrected chi connectivity index (χ4v) is 10.1. The number of carbonyl (C=O) groups is 2. The number of aromatic amines is 1.